The molecule has 2 unspecified atom stereocenters. The molecule has 2 atom stereocenters. The van der Waals surface area contributed by atoms with Gasteiger partial charge in [-0.1, -0.05) is 12.8 Å². The second kappa shape index (κ2) is 6.02. The van der Waals surface area contributed by atoms with Gasteiger partial charge >= 0.3 is 0 Å². The predicted molar refractivity (Wildman–Crippen MR) is 71.2 cm³/mol. The fraction of sp³-hybridized carbons (Fsp3) is 0.929. The maximum atomic E-state index is 10.7. The lowest BCUT2D eigenvalue weighted by Gasteiger charge is -2.54. The summed E-state index contributed by atoms with van der Waals surface area (Å²) in [6.45, 7) is 3.80. The first-order valence-electron chi connectivity index (χ1n) is 7.32. The Hall–Kier alpha value is -0.610. The molecule has 0 aromatic heterocycles. The van der Waals surface area contributed by atoms with Crippen LogP contribution in [0.5, 0.6) is 0 Å². The van der Waals surface area contributed by atoms with Gasteiger partial charge in [0.25, 0.3) is 0 Å². The minimum absolute atomic E-state index is 0.201. The number of ether oxygens (including phenoxy) is 1. The van der Waals surface area contributed by atoms with Crippen molar-refractivity contribution in [2.45, 2.75) is 64.0 Å². The van der Waals surface area contributed by atoms with E-state index in [1.807, 2.05) is 0 Å². The highest BCUT2D eigenvalue weighted by atomic mass is 16.5. The fourth-order valence-corrected chi connectivity index (χ4v) is 3.71. The van der Waals surface area contributed by atoms with E-state index in [0.717, 1.165) is 26.0 Å². The maximum Gasteiger partial charge on any atom is 0.217 e. The summed E-state index contributed by atoms with van der Waals surface area (Å²) in [5.41, 5.74) is 5.54. The van der Waals surface area contributed by atoms with Crippen LogP contribution in [0.3, 0.4) is 0 Å². The van der Waals surface area contributed by atoms with Crippen LogP contribution >= 0.6 is 0 Å². The summed E-state index contributed by atoms with van der Waals surface area (Å²) in [4.78, 5) is 10.7. The highest BCUT2D eigenvalue weighted by Gasteiger charge is 2.56. The van der Waals surface area contributed by atoms with Gasteiger partial charge in [0.15, 0.2) is 0 Å². The van der Waals surface area contributed by atoms with Gasteiger partial charge in [0.1, 0.15) is 0 Å². The summed E-state index contributed by atoms with van der Waals surface area (Å²) in [6, 6.07) is 0.587. The van der Waals surface area contributed by atoms with Crippen molar-refractivity contribution in [3.63, 3.8) is 0 Å². The zero-order chi connectivity index (χ0) is 13.0. The van der Waals surface area contributed by atoms with Gasteiger partial charge in [-0.2, -0.15) is 0 Å². The quantitative estimate of drug-likeness (QED) is 0.678. The molecule has 0 aliphatic heterocycles. The molecule has 3 N–H and O–H groups in total. The van der Waals surface area contributed by atoms with Crippen LogP contribution < -0.4 is 11.1 Å². The molecule has 104 valence electrons. The smallest absolute Gasteiger partial charge is 0.217 e. The van der Waals surface area contributed by atoms with E-state index in [4.69, 9.17) is 10.5 Å². The van der Waals surface area contributed by atoms with E-state index >= 15 is 0 Å². The Balaban J connectivity index is 1.77. The third-order valence-corrected chi connectivity index (χ3v) is 4.68. The molecular formula is C14H26N2O2. The first-order valence-corrected chi connectivity index (χ1v) is 7.32. The lowest BCUT2D eigenvalue weighted by Crippen LogP contribution is -2.62. The molecule has 2 fully saturated rings. The van der Waals surface area contributed by atoms with Crippen LogP contribution in [-0.2, 0) is 9.53 Å². The van der Waals surface area contributed by atoms with E-state index in [-0.39, 0.29) is 5.91 Å². The summed E-state index contributed by atoms with van der Waals surface area (Å²) in [5, 5.41) is 3.61. The van der Waals surface area contributed by atoms with Gasteiger partial charge in [-0.15, -0.1) is 0 Å². The Morgan fingerprint density at radius 3 is 2.78 bits per heavy atom. The lowest BCUT2D eigenvalue weighted by atomic mass is 9.60. The van der Waals surface area contributed by atoms with E-state index in [0.29, 0.717) is 24.0 Å². The highest BCUT2D eigenvalue weighted by molar-refractivity contribution is 5.73. The van der Waals surface area contributed by atoms with E-state index in [1.165, 1.54) is 25.7 Å². The minimum Gasteiger partial charge on any atom is -0.378 e. The Morgan fingerprint density at radius 1 is 1.44 bits per heavy atom. The second-order valence-corrected chi connectivity index (χ2v) is 5.70. The molecular weight excluding hydrogens is 228 g/mol. The number of amides is 1. The van der Waals surface area contributed by atoms with Crippen LogP contribution in [0.2, 0.25) is 0 Å². The van der Waals surface area contributed by atoms with Gasteiger partial charge in [-0.05, 0) is 39.2 Å². The standard InChI is InChI=1S/C14H26N2O2/c1-2-18-12-10-11(14(12)7-3-4-8-14)16-9-5-6-13(15)17/h11-12,16H,2-10H2,1H3,(H2,15,17). The Morgan fingerprint density at radius 2 is 2.17 bits per heavy atom. The summed E-state index contributed by atoms with van der Waals surface area (Å²) in [5.74, 6) is -0.201. The Bertz CT molecular complexity index is 288. The second-order valence-electron chi connectivity index (χ2n) is 5.70. The lowest BCUT2D eigenvalue weighted by molar-refractivity contribution is -0.130. The number of primary amides is 1. The third-order valence-electron chi connectivity index (χ3n) is 4.68. The maximum absolute atomic E-state index is 10.7. The monoisotopic (exact) mass is 254 g/mol. The van der Waals surface area contributed by atoms with Crippen molar-refractivity contribution in [3.05, 3.63) is 0 Å². The van der Waals surface area contributed by atoms with Crippen LogP contribution in [0.25, 0.3) is 0 Å². The van der Waals surface area contributed by atoms with Gasteiger partial charge in [-0.3, -0.25) is 4.79 Å². The Kier molecular flexibility index (Phi) is 4.62. The van der Waals surface area contributed by atoms with Crippen LogP contribution in [0.1, 0.15) is 51.9 Å². The van der Waals surface area contributed by atoms with Gasteiger partial charge in [0, 0.05) is 24.5 Å². The summed E-state index contributed by atoms with van der Waals surface area (Å²) in [6.07, 6.45) is 8.19. The molecule has 0 aromatic rings. The molecule has 0 saturated heterocycles. The van der Waals surface area contributed by atoms with E-state index in [9.17, 15) is 4.79 Å². The van der Waals surface area contributed by atoms with Crippen LogP contribution in [0.4, 0.5) is 0 Å². The van der Waals surface area contributed by atoms with Crippen LogP contribution in [0.15, 0.2) is 0 Å². The summed E-state index contributed by atoms with van der Waals surface area (Å²) < 4.78 is 5.88. The van der Waals surface area contributed by atoms with Gasteiger partial charge in [0.2, 0.25) is 5.91 Å². The molecule has 1 spiro atoms. The first-order chi connectivity index (χ1) is 8.69. The van der Waals surface area contributed by atoms with Crippen LogP contribution in [-0.4, -0.2) is 31.2 Å². The fourth-order valence-electron chi connectivity index (χ4n) is 3.71. The van der Waals surface area contributed by atoms with Crippen molar-refractivity contribution in [2.75, 3.05) is 13.2 Å². The normalized spacial score (nSPS) is 29.4. The molecule has 4 nitrogen and oxygen atoms in total. The number of nitrogens with two attached hydrogens (primary N) is 1. The third kappa shape index (κ3) is 2.69. The van der Waals surface area contributed by atoms with Crippen molar-refractivity contribution in [1.82, 2.24) is 5.32 Å². The van der Waals surface area contributed by atoms with Crippen molar-refractivity contribution < 1.29 is 9.53 Å². The molecule has 4 heteroatoms. The van der Waals surface area contributed by atoms with Crippen molar-refractivity contribution in [3.8, 4) is 0 Å². The minimum atomic E-state index is -0.201. The van der Waals surface area contributed by atoms with Crippen molar-refractivity contribution >= 4 is 5.91 Å². The van der Waals surface area contributed by atoms with Crippen molar-refractivity contribution in [2.24, 2.45) is 11.1 Å². The molecule has 0 heterocycles. The van der Waals surface area contributed by atoms with Gasteiger partial charge in [-0.25, -0.2) is 0 Å². The average Bonchev–Trinajstić information content (AvgIpc) is 2.83. The molecule has 1 amide bonds. The van der Waals surface area contributed by atoms with Crippen LogP contribution in [0, 0.1) is 5.41 Å². The zero-order valence-corrected chi connectivity index (χ0v) is 11.4. The molecule has 2 rings (SSSR count). The SMILES string of the molecule is CCOC1CC(NCCCC(N)=O)C12CCCC2. The Labute approximate surface area is 110 Å². The average molecular weight is 254 g/mol. The zero-order valence-electron chi connectivity index (χ0n) is 11.4. The number of hydrogen-bond acceptors (Lipinski definition) is 3. The molecule has 0 bridgehead atoms. The molecule has 2 aliphatic carbocycles. The molecule has 0 aromatic carbocycles. The largest absolute Gasteiger partial charge is 0.378 e. The first kappa shape index (κ1) is 13.8. The number of rotatable bonds is 7. The molecule has 0 radical (unpaired) electrons. The predicted octanol–water partition coefficient (Wildman–Crippen LogP) is 1.58. The van der Waals surface area contributed by atoms with E-state index in [1.54, 1.807) is 0 Å². The van der Waals surface area contributed by atoms with E-state index < -0.39 is 0 Å². The summed E-state index contributed by atoms with van der Waals surface area (Å²) >= 11 is 0. The number of carbonyl (C=O) groups is 1. The van der Waals surface area contributed by atoms with Crippen molar-refractivity contribution in [1.29, 1.82) is 0 Å². The molecule has 2 saturated carbocycles. The number of nitrogens with one attached hydrogen (secondary N) is 1. The van der Waals surface area contributed by atoms with Gasteiger partial charge in [0.05, 0.1) is 6.10 Å². The number of hydrogen-bond donors (Lipinski definition) is 2. The topological polar surface area (TPSA) is 64.3 Å². The number of carbonyl (C=O) groups excluding carboxylic acids is 1. The van der Waals surface area contributed by atoms with Gasteiger partial charge < -0.3 is 15.8 Å². The molecule has 2 aliphatic rings. The van der Waals surface area contributed by atoms with E-state index in [2.05, 4.69) is 12.2 Å². The molecule has 18 heavy (non-hydrogen) atoms. The summed E-state index contributed by atoms with van der Waals surface area (Å²) in [7, 11) is 0. The highest BCUT2D eigenvalue weighted by Crippen LogP contribution is 2.54.